The summed E-state index contributed by atoms with van der Waals surface area (Å²) in [6.45, 7) is 0.133. The molecule has 0 atom stereocenters. The molecule has 0 saturated heterocycles. The third-order valence-electron chi connectivity index (χ3n) is 6.88. The standard InChI is InChI=1S/C31H27ClFN3O7.Li/c1-41-26-16-21-23(17-27(26)42-13-3-6-28(37)38)34-12-9-24(21)43-25-8-7-20(15-22(25)33)36-30(40)31(10-11-31)29(39)35-19-5-2-4-18(32)14-19;/h2,4-5,7-9,12,14-17H,3,6,10-11,13H2,1H3,(H,35,39)(H,36,40)(H,37,38);/q;+1/p-1. The number of carbonyl (C=O) groups is 3. The average molecular weight is 614 g/mol. The fourth-order valence-corrected chi connectivity index (χ4v) is 4.61. The first-order valence-corrected chi connectivity index (χ1v) is 13.7. The van der Waals surface area contributed by atoms with Gasteiger partial charge in [0, 0.05) is 46.1 Å². The Morgan fingerprint density at radius 3 is 2.32 bits per heavy atom. The molecule has 1 aliphatic carbocycles. The van der Waals surface area contributed by atoms with Crippen molar-refractivity contribution in [3.05, 3.63) is 77.7 Å². The third kappa shape index (κ3) is 7.42. The van der Waals surface area contributed by atoms with E-state index in [1.165, 1.54) is 25.4 Å². The molecule has 1 aliphatic rings. The van der Waals surface area contributed by atoms with Gasteiger partial charge >= 0.3 is 18.9 Å². The summed E-state index contributed by atoms with van der Waals surface area (Å²) in [5, 5.41) is 17.0. The molecular weight excluding hydrogens is 588 g/mol. The van der Waals surface area contributed by atoms with Crippen LogP contribution in [0, 0.1) is 11.2 Å². The van der Waals surface area contributed by atoms with Gasteiger partial charge in [0.15, 0.2) is 23.1 Å². The predicted octanol–water partition coefficient (Wildman–Crippen LogP) is 2.10. The molecule has 13 heteroatoms. The number of amides is 2. The van der Waals surface area contributed by atoms with Crippen LogP contribution in [0.2, 0.25) is 5.02 Å². The second kappa shape index (κ2) is 14.0. The summed E-state index contributed by atoms with van der Waals surface area (Å²) in [5.74, 6) is -2.00. The third-order valence-corrected chi connectivity index (χ3v) is 7.12. The Balaban J connectivity index is 0.00000442. The summed E-state index contributed by atoms with van der Waals surface area (Å²) in [4.78, 5) is 40.9. The number of methoxy groups -OCH3 is 1. The van der Waals surface area contributed by atoms with Gasteiger partial charge in [-0.1, -0.05) is 17.7 Å². The van der Waals surface area contributed by atoms with Crippen LogP contribution < -0.4 is 48.8 Å². The van der Waals surface area contributed by atoms with Gasteiger partial charge in [-0.2, -0.15) is 0 Å². The first-order valence-electron chi connectivity index (χ1n) is 13.3. The number of hydrogen-bond acceptors (Lipinski definition) is 8. The molecule has 0 bridgehead atoms. The quantitative estimate of drug-likeness (QED) is 0.141. The minimum atomic E-state index is -1.25. The Morgan fingerprint density at radius 1 is 0.955 bits per heavy atom. The van der Waals surface area contributed by atoms with E-state index >= 15 is 4.39 Å². The van der Waals surface area contributed by atoms with Crippen LogP contribution in [0.3, 0.4) is 0 Å². The SMILES string of the molecule is COc1cc2c(Oc3ccc(NC(=O)C4(C(=O)Nc5cccc(Cl)c5)CC4)cc3F)ccnc2cc1OCCCC(=O)[O-].[Li+]. The van der Waals surface area contributed by atoms with Gasteiger partial charge in [0.05, 0.1) is 19.2 Å². The molecule has 0 spiro atoms. The van der Waals surface area contributed by atoms with Gasteiger partial charge in [0.2, 0.25) is 11.8 Å². The summed E-state index contributed by atoms with van der Waals surface area (Å²) in [6, 6.07) is 15.4. The van der Waals surface area contributed by atoms with Crippen molar-refractivity contribution >= 4 is 51.7 Å². The van der Waals surface area contributed by atoms with Gasteiger partial charge in [0.1, 0.15) is 11.2 Å². The maximum atomic E-state index is 15.1. The van der Waals surface area contributed by atoms with E-state index in [0.717, 1.165) is 6.07 Å². The first-order chi connectivity index (χ1) is 20.7. The van der Waals surface area contributed by atoms with Crippen LogP contribution in [0.5, 0.6) is 23.0 Å². The Kier molecular flexibility index (Phi) is 10.4. The van der Waals surface area contributed by atoms with Crippen molar-refractivity contribution in [3.8, 4) is 23.0 Å². The largest absolute Gasteiger partial charge is 1.00 e. The van der Waals surface area contributed by atoms with Crippen molar-refractivity contribution in [1.29, 1.82) is 0 Å². The molecule has 0 radical (unpaired) electrons. The normalized spacial score (nSPS) is 12.9. The van der Waals surface area contributed by atoms with Gasteiger partial charge in [-0.3, -0.25) is 14.6 Å². The summed E-state index contributed by atoms with van der Waals surface area (Å²) >= 11 is 5.98. The van der Waals surface area contributed by atoms with E-state index in [2.05, 4.69) is 15.6 Å². The van der Waals surface area contributed by atoms with Crippen LogP contribution in [0.1, 0.15) is 25.7 Å². The van der Waals surface area contributed by atoms with Crippen molar-refractivity contribution in [2.24, 2.45) is 5.41 Å². The number of ether oxygens (including phenoxy) is 3. The molecule has 0 unspecified atom stereocenters. The van der Waals surface area contributed by atoms with E-state index in [1.807, 2.05) is 0 Å². The van der Waals surface area contributed by atoms with Crippen molar-refractivity contribution in [1.82, 2.24) is 4.98 Å². The van der Waals surface area contributed by atoms with Gasteiger partial charge in [-0.15, -0.1) is 0 Å². The van der Waals surface area contributed by atoms with E-state index in [4.69, 9.17) is 25.8 Å². The Bertz CT molecular complexity index is 1720. The fourth-order valence-electron chi connectivity index (χ4n) is 4.42. The number of halogens is 2. The second-order valence-electron chi connectivity index (χ2n) is 9.90. The zero-order valence-electron chi connectivity index (χ0n) is 23.9. The molecule has 222 valence electrons. The minimum absolute atomic E-state index is 0. The number of carboxylic acids is 1. The fraction of sp³-hybridized carbons (Fsp3) is 0.226. The Labute approximate surface area is 269 Å². The van der Waals surface area contributed by atoms with Gasteiger partial charge in [-0.05, 0) is 68.1 Å². The molecular formula is C31H26ClFLiN3O7. The number of anilines is 2. The molecule has 3 aromatic carbocycles. The summed E-state index contributed by atoms with van der Waals surface area (Å²) < 4.78 is 32.1. The number of nitrogens with one attached hydrogen (secondary N) is 2. The van der Waals surface area contributed by atoms with Gasteiger partial charge in [-0.25, -0.2) is 4.39 Å². The molecule has 44 heavy (non-hydrogen) atoms. The van der Waals surface area contributed by atoms with Gasteiger partial charge < -0.3 is 34.7 Å². The first kappa shape index (κ1) is 32.6. The maximum Gasteiger partial charge on any atom is 1.00 e. The van der Waals surface area contributed by atoms with Crippen molar-refractivity contribution < 1.29 is 57.0 Å². The Morgan fingerprint density at radius 2 is 1.68 bits per heavy atom. The number of pyridine rings is 1. The van der Waals surface area contributed by atoms with Crippen LogP contribution in [0.25, 0.3) is 10.9 Å². The average Bonchev–Trinajstić information content (AvgIpc) is 3.79. The molecule has 4 aromatic rings. The molecule has 2 N–H and O–H groups in total. The number of carbonyl (C=O) groups excluding carboxylic acids is 3. The predicted molar refractivity (Wildman–Crippen MR) is 155 cm³/mol. The molecule has 2 amide bonds. The van der Waals surface area contributed by atoms with Crippen LogP contribution in [0.4, 0.5) is 15.8 Å². The molecule has 10 nitrogen and oxygen atoms in total. The zero-order valence-corrected chi connectivity index (χ0v) is 24.7. The number of benzene rings is 3. The minimum Gasteiger partial charge on any atom is -0.550 e. The van der Waals surface area contributed by atoms with E-state index < -0.39 is 29.0 Å². The molecule has 1 saturated carbocycles. The summed E-state index contributed by atoms with van der Waals surface area (Å²) in [7, 11) is 1.45. The van der Waals surface area contributed by atoms with Crippen molar-refractivity contribution in [3.63, 3.8) is 0 Å². The van der Waals surface area contributed by atoms with E-state index in [1.54, 1.807) is 42.5 Å². The van der Waals surface area contributed by atoms with Crippen LogP contribution >= 0.6 is 11.6 Å². The molecule has 1 fully saturated rings. The number of aromatic nitrogens is 1. The number of hydrogen-bond donors (Lipinski definition) is 2. The van der Waals surface area contributed by atoms with Crippen molar-refractivity contribution in [2.45, 2.75) is 25.7 Å². The number of nitrogens with zero attached hydrogens (tertiary/aromatic N) is 1. The second-order valence-corrected chi connectivity index (χ2v) is 10.3. The van der Waals surface area contributed by atoms with Crippen LogP contribution in [0.15, 0.2) is 66.9 Å². The van der Waals surface area contributed by atoms with Crippen LogP contribution in [-0.2, 0) is 14.4 Å². The van der Waals surface area contributed by atoms with Gasteiger partial charge in [0.25, 0.3) is 0 Å². The maximum absolute atomic E-state index is 15.1. The number of carboxylic acid groups (broad SMARTS) is 1. The number of fused-ring (bicyclic) bond motifs is 1. The van der Waals surface area contributed by atoms with E-state index in [0.29, 0.717) is 46.0 Å². The number of aliphatic carboxylic acids is 1. The van der Waals surface area contributed by atoms with E-state index in [-0.39, 0.29) is 55.5 Å². The molecule has 5 rings (SSSR count). The van der Waals surface area contributed by atoms with Crippen LogP contribution in [-0.4, -0.2) is 36.5 Å². The summed E-state index contributed by atoms with van der Waals surface area (Å²) in [6.07, 6.45) is 2.33. The topological polar surface area (TPSA) is 139 Å². The zero-order chi connectivity index (χ0) is 30.6. The van der Waals surface area contributed by atoms with Crippen molar-refractivity contribution in [2.75, 3.05) is 24.4 Å². The monoisotopic (exact) mass is 613 g/mol. The number of rotatable bonds is 12. The smallest absolute Gasteiger partial charge is 0.550 e. The molecule has 1 aromatic heterocycles. The Hall–Kier alpha value is -4.30. The molecule has 0 aliphatic heterocycles. The molecule has 1 heterocycles. The van der Waals surface area contributed by atoms with E-state index in [9.17, 15) is 19.5 Å². The summed E-state index contributed by atoms with van der Waals surface area (Å²) in [5.41, 5.74) is -0.136.